The van der Waals surface area contributed by atoms with Gasteiger partial charge in [0.2, 0.25) is 5.91 Å². The van der Waals surface area contributed by atoms with Crippen molar-refractivity contribution in [2.45, 2.75) is 19.8 Å². The van der Waals surface area contributed by atoms with Gasteiger partial charge in [-0.1, -0.05) is 19.1 Å². The summed E-state index contributed by atoms with van der Waals surface area (Å²) >= 11 is 3.42. The predicted octanol–water partition coefficient (Wildman–Crippen LogP) is 2.79. The van der Waals surface area contributed by atoms with Crippen molar-refractivity contribution in [1.82, 2.24) is 5.32 Å². The van der Waals surface area contributed by atoms with Gasteiger partial charge in [0.15, 0.2) is 0 Å². The van der Waals surface area contributed by atoms with Crippen molar-refractivity contribution in [3.05, 3.63) is 28.7 Å². The highest BCUT2D eigenvalue weighted by molar-refractivity contribution is 9.10. The number of benzene rings is 1. The van der Waals surface area contributed by atoms with Crippen LogP contribution in [0, 0.1) is 5.41 Å². The molecule has 1 heterocycles. The molecule has 0 unspecified atom stereocenters. The van der Waals surface area contributed by atoms with Gasteiger partial charge < -0.3 is 15.4 Å². The van der Waals surface area contributed by atoms with Crippen molar-refractivity contribution in [3.63, 3.8) is 0 Å². The van der Waals surface area contributed by atoms with Gasteiger partial charge in [-0.25, -0.2) is 0 Å². The van der Waals surface area contributed by atoms with E-state index in [2.05, 4.69) is 33.5 Å². The lowest BCUT2D eigenvalue weighted by atomic mass is 9.82. The highest BCUT2D eigenvalue weighted by atomic mass is 79.9. The number of ether oxygens (including phenoxy) is 1. The van der Waals surface area contributed by atoms with Crippen LogP contribution in [0.4, 0.5) is 5.69 Å². The molecule has 0 aromatic heterocycles. The number of hydrogen-bond donors (Lipinski definition) is 2. The molecule has 1 aliphatic heterocycles. The second-order valence-corrected chi connectivity index (χ2v) is 6.41. The van der Waals surface area contributed by atoms with Gasteiger partial charge in [0, 0.05) is 24.2 Å². The van der Waals surface area contributed by atoms with Gasteiger partial charge in [-0.05, 0) is 46.3 Å². The van der Waals surface area contributed by atoms with Gasteiger partial charge >= 0.3 is 0 Å². The fourth-order valence-corrected chi connectivity index (χ4v) is 2.66. The number of carbonyl (C=O) groups is 1. The summed E-state index contributed by atoms with van der Waals surface area (Å²) < 4.78 is 6.27. The average molecular weight is 341 g/mol. The lowest BCUT2D eigenvalue weighted by Gasteiger charge is -2.33. The quantitative estimate of drug-likeness (QED) is 0.866. The Labute approximate surface area is 128 Å². The van der Waals surface area contributed by atoms with Crippen LogP contribution in [-0.4, -0.2) is 32.2 Å². The van der Waals surface area contributed by atoms with Gasteiger partial charge in [0.1, 0.15) is 0 Å². The van der Waals surface area contributed by atoms with Crippen molar-refractivity contribution in [2.24, 2.45) is 5.41 Å². The summed E-state index contributed by atoms with van der Waals surface area (Å²) in [5.74, 6) is -0.0208. The maximum Gasteiger partial charge on any atom is 0.238 e. The van der Waals surface area contributed by atoms with E-state index in [1.165, 1.54) is 0 Å². The molecule has 0 radical (unpaired) electrons. The number of nitrogens with one attached hydrogen (secondary N) is 2. The first-order chi connectivity index (χ1) is 9.59. The summed E-state index contributed by atoms with van der Waals surface area (Å²) in [6, 6.07) is 7.61. The average Bonchev–Trinajstić information content (AvgIpc) is 2.42. The summed E-state index contributed by atoms with van der Waals surface area (Å²) in [5, 5.41) is 6.14. The van der Waals surface area contributed by atoms with Crippen LogP contribution in [0.2, 0.25) is 0 Å². The minimum atomic E-state index is -0.0208. The fraction of sp³-hybridized carbons (Fsp3) is 0.533. The van der Waals surface area contributed by atoms with Crippen LogP contribution >= 0.6 is 15.9 Å². The Morgan fingerprint density at radius 1 is 1.35 bits per heavy atom. The Hall–Kier alpha value is -0.910. The molecule has 1 fully saturated rings. The smallest absolute Gasteiger partial charge is 0.238 e. The molecule has 1 aliphatic rings. The number of rotatable bonds is 5. The molecule has 2 N–H and O–H groups in total. The Balaban J connectivity index is 1.74. The van der Waals surface area contributed by atoms with Crippen molar-refractivity contribution >= 4 is 27.5 Å². The number of hydrogen-bond acceptors (Lipinski definition) is 3. The van der Waals surface area contributed by atoms with E-state index in [9.17, 15) is 4.79 Å². The highest BCUT2D eigenvalue weighted by Gasteiger charge is 2.26. The topological polar surface area (TPSA) is 50.4 Å². The third-order valence-corrected chi connectivity index (χ3v) is 4.38. The van der Waals surface area contributed by atoms with E-state index in [1.54, 1.807) is 0 Å². The van der Waals surface area contributed by atoms with E-state index in [0.29, 0.717) is 6.54 Å². The van der Waals surface area contributed by atoms with E-state index in [-0.39, 0.29) is 11.3 Å². The minimum absolute atomic E-state index is 0.0208. The summed E-state index contributed by atoms with van der Waals surface area (Å²) in [6.07, 6.45) is 2.09. The Morgan fingerprint density at radius 2 is 2.05 bits per heavy atom. The highest BCUT2D eigenvalue weighted by Crippen LogP contribution is 2.28. The number of halogens is 1. The predicted molar refractivity (Wildman–Crippen MR) is 83.8 cm³/mol. The molecular formula is C15H21BrN2O2. The van der Waals surface area contributed by atoms with Crippen LogP contribution in [0.15, 0.2) is 28.7 Å². The molecule has 1 aromatic rings. The molecule has 0 saturated carbocycles. The zero-order valence-electron chi connectivity index (χ0n) is 11.7. The normalized spacial score (nSPS) is 17.7. The maximum absolute atomic E-state index is 11.9. The molecule has 0 aliphatic carbocycles. The molecule has 4 nitrogen and oxygen atoms in total. The van der Waals surface area contributed by atoms with Crippen LogP contribution in [-0.2, 0) is 9.53 Å². The lowest BCUT2D eigenvalue weighted by Crippen LogP contribution is -2.39. The minimum Gasteiger partial charge on any atom is -0.381 e. The summed E-state index contributed by atoms with van der Waals surface area (Å²) in [6.45, 7) is 5.06. The summed E-state index contributed by atoms with van der Waals surface area (Å²) in [5.41, 5.74) is 1.04. The standard InChI is InChI=1S/C15H21BrN2O2/c1-15(6-8-20-9-7-15)11-17-10-14(19)18-13-5-3-2-4-12(13)16/h2-5,17H,6-11H2,1H3,(H,18,19). The molecular weight excluding hydrogens is 320 g/mol. The number of amides is 1. The first-order valence-electron chi connectivity index (χ1n) is 6.92. The van der Waals surface area contributed by atoms with E-state index in [0.717, 1.165) is 42.8 Å². The van der Waals surface area contributed by atoms with Crippen molar-refractivity contribution in [1.29, 1.82) is 0 Å². The van der Waals surface area contributed by atoms with Gasteiger partial charge in [-0.2, -0.15) is 0 Å². The molecule has 2 rings (SSSR count). The van der Waals surface area contributed by atoms with Crippen LogP contribution in [0.1, 0.15) is 19.8 Å². The van der Waals surface area contributed by atoms with Gasteiger partial charge in [0.05, 0.1) is 12.2 Å². The number of para-hydroxylation sites is 1. The van der Waals surface area contributed by atoms with Crippen molar-refractivity contribution in [2.75, 3.05) is 31.6 Å². The molecule has 110 valence electrons. The van der Waals surface area contributed by atoms with Crippen LogP contribution < -0.4 is 10.6 Å². The molecule has 1 amide bonds. The molecule has 0 spiro atoms. The van der Waals surface area contributed by atoms with Crippen LogP contribution in [0.5, 0.6) is 0 Å². The summed E-state index contributed by atoms with van der Waals surface area (Å²) in [4.78, 5) is 11.9. The first-order valence-corrected chi connectivity index (χ1v) is 7.71. The monoisotopic (exact) mass is 340 g/mol. The Bertz CT molecular complexity index is 459. The van der Waals surface area contributed by atoms with E-state index in [1.807, 2.05) is 24.3 Å². The SMILES string of the molecule is CC1(CNCC(=O)Nc2ccccc2Br)CCOCC1. The van der Waals surface area contributed by atoms with Crippen molar-refractivity contribution in [3.8, 4) is 0 Å². The van der Waals surface area contributed by atoms with Gasteiger partial charge in [-0.15, -0.1) is 0 Å². The second kappa shape index (κ2) is 7.20. The molecule has 0 bridgehead atoms. The zero-order valence-corrected chi connectivity index (χ0v) is 13.3. The molecule has 20 heavy (non-hydrogen) atoms. The Morgan fingerprint density at radius 3 is 2.75 bits per heavy atom. The van der Waals surface area contributed by atoms with E-state index < -0.39 is 0 Å². The molecule has 1 aromatic carbocycles. The van der Waals surface area contributed by atoms with Crippen molar-refractivity contribution < 1.29 is 9.53 Å². The maximum atomic E-state index is 11.9. The molecule has 5 heteroatoms. The van der Waals surface area contributed by atoms with Crippen LogP contribution in [0.3, 0.4) is 0 Å². The van der Waals surface area contributed by atoms with E-state index in [4.69, 9.17) is 4.74 Å². The lowest BCUT2D eigenvalue weighted by molar-refractivity contribution is -0.115. The third-order valence-electron chi connectivity index (χ3n) is 3.69. The van der Waals surface area contributed by atoms with E-state index >= 15 is 0 Å². The zero-order chi connectivity index (χ0) is 14.4. The molecule has 1 saturated heterocycles. The van der Waals surface area contributed by atoms with Gasteiger partial charge in [0.25, 0.3) is 0 Å². The largest absolute Gasteiger partial charge is 0.381 e. The second-order valence-electron chi connectivity index (χ2n) is 5.55. The molecule has 0 atom stereocenters. The number of carbonyl (C=O) groups excluding carboxylic acids is 1. The fourth-order valence-electron chi connectivity index (χ4n) is 2.28. The van der Waals surface area contributed by atoms with Gasteiger partial charge in [-0.3, -0.25) is 4.79 Å². The Kier molecular flexibility index (Phi) is 5.57. The number of anilines is 1. The van der Waals surface area contributed by atoms with Crippen LogP contribution in [0.25, 0.3) is 0 Å². The first kappa shape index (κ1) is 15.5. The summed E-state index contributed by atoms with van der Waals surface area (Å²) in [7, 11) is 0. The third kappa shape index (κ3) is 4.58.